The van der Waals surface area contributed by atoms with E-state index >= 15 is 0 Å². The molecule has 0 spiro atoms. The molecular formula is C16H21NO2. The smallest absolute Gasteiger partial charge is 0.180 e. The number of rotatable bonds is 1. The quantitative estimate of drug-likeness (QED) is 0.842. The van der Waals surface area contributed by atoms with Crippen LogP contribution in [0.15, 0.2) is 18.2 Å². The maximum atomic E-state index is 12.7. The van der Waals surface area contributed by atoms with Gasteiger partial charge in [0.1, 0.15) is 5.75 Å². The SMILES string of the molecule is CCN1CC[C@]2(C)c3cc(O)ccc3C(=O)[C@@H]1[C@@H]2C. The molecule has 19 heavy (non-hydrogen) atoms. The fourth-order valence-corrected chi connectivity index (χ4v) is 3.91. The van der Waals surface area contributed by atoms with Crippen LogP contribution in [0.5, 0.6) is 5.75 Å². The van der Waals surface area contributed by atoms with Crippen molar-refractivity contribution in [3.8, 4) is 5.75 Å². The molecule has 2 bridgehead atoms. The molecule has 1 heterocycles. The first-order chi connectivity index (χ1) is 8.99. The Hall–Kier alpha value is -1.35. The first-order valence-electron chi connectivity index (χ1n) is 7.11. The number of carbonyl (C=O) groups excluding carboxylic acids is 1. The van der Waals surface area contributed by atoms with Gasteiger partial charge >= 0.3 is 0 Å². The van der Waals surface area contributed by atoms with Crippen LogP contribution in [0.1, 0.15) is 43.1 Å². The predicted molar refractivity (Wildman–Crippen MR) is 74.6 cm³/mol. The summed E-state index contributed by atoms with van der Waals surface area (Å²) in [5.41, 5.74) is 1.84. The van der Waals surface area contributed by atoms with E-state index in [0.29, 0.717) is 5.92 Å². The lowest BCUT2D eigenvalue weighted by Crippen LogP contribution is -2.60. The number of ketones is 1. The number of phenolic OH excluding ortho intramolecular Hbond substituents is 1. The second kappa shape index (κ2) is 4.07. The molecule has 1 saturated heterocycles. The highest BCUT2D eigenvalue weighted by Gasteiger charge is 2.51. The maximum absolute atomic E-state index is 12.7. The number of piperidine rings is 1. The molecule has 102 valence electrons. The van der Waals surface area contributed by atoms with Crippen LogP contribution in [-0.2, 0) is 5.41 Å². The zero-order chi connectivity index (χ0) is 13.8. The summed E-state index contributed by atoms with van der Waals surface area (Å²) in [6.07, 6.45) is 1.04. The van der Waals surface area contributed by atoms with Gasteiger partial charge in [-0.3, -0.25) is 9.69 Å². The van der Waals surface area contributed by atoms with Gasteiger partial charge in [-0.1, -0.05) is 20.8 Å². The highest BCUT2D eigenvalue weighted by Crippen LogP contribution is 2.49. The highest BCUT2D eigenvalue weighted by molar-refractivity contribution is 6.03. The lowest BCUT2D eigenvalue weighted by molar-refractivity contribution is 0.0308. The topological polar surface area (TPSA) is 40.5 Å². The summed E-state index contributed by atoms with van der Waals surface area (Å²) >= 11 is 0. The number of aromatic hydroxyl groups is 1. The zero-order valence-electron chi connectivity index (χ0n) is 11.8. The number of hydrogen-bond donors (Lipinski definition) is 1. The van der Waals surface area contributed by atoms with Crippen LogP contribution >= 0.6 is 0 Å². The van der Waals surface area contributed by atoms with Crippen LogP contribution in [0.4, 0.5) is 0 Å². The van der Waals surface area contributed by atoms with Crippen molar-refractivity contribution in [3.63, 3.8) is 0 Å². The van der Waals surface area contributed by atoms with Crippen molar-refractivity contribution in [2.45, 2.75) is 38.6 Å². The number of likely N-dealkylation sites (N-methyl/N-ethyl adjacent to an activating group) is 1. The van der Waals surface area contributed by atoms with Gasteiger partial charge in [-0.15, -0.1) is 0 Å². The Labute approximate surface area is 114 Å². The van der Waals surface area contributed by atoms with Gasteiger partial charge in [-0.25, -0.2) is 0 Å². The minimum absolute atomic E-state index is 0.000734. The number of phenols is 1. The largest absolute Gasteiger partial charge is 0.508 e. The van der Waals surface area contributed by atoms with Gasteiger partial charge in [0, 0.05) is 5.56 Å². The van der Waals surface area contributed by atoms with E-state index in [1.165, 1.54) is 0 Å². The van der Waals surface area contributed by atoms with Crippen molar-refractivity contribution in [2.75, 3.05) is 13.1 Å². The Morgan fingerprint density at radius 1 is 1.47 bits per heavy atom. The Morgan fingerprint density at radius 2 is 2.21 bits per heavy atom. The first kappa shape index (κ1) is 12.7. The maximum Gasteiger partial charge on any atom is 0.180 e. The van der Waals surface area contributed by atoms with Crippen LogP contribution in [0.2, 0.25) is 0 Å². The molecule has 3 heteroatoms. The molecule has 0 saturated carbocycles. The van der Waals surface area contributed by atoms with Gasteiger partial charge in [-0.05, 0) is 54.6 Å². The summed E-state index contributed by atoms with van der Waals surface area (Å²) in [7, 11) is 0. The standard InChI is InChI=1S/C16H21NO2/c1-4-17-8-7-16(3)10(2)14(17)15(19)12-6-5-11(18)9-13(12)16/h5-6,9-10,14,18H,4,7-8H2,1-3H3/t10-,14-,16-/m0/s1. The summed E-state index contributed by atoms with van der Waals surface area (Å²) in [6, 6.07) is 5.22. The van der Waals surface area contributed by atoms with Gasteiger partial charge in [0.05, 0.1) is 6.04 Å². The van der Waals surface area contributed by atoms with Crippen molar-refractivity contribution in [3.05, 3.63) is 29.3 Å². The van der Waals surface area contributed by atoms with Crippen molar-refractivity contribution in [1.29, 1.82) is 0 Å². The number of hydrogen-bond acceptors (Lipinski definition) is 3. The third-order valence-corrected chi connectivity index (χ3v) is 5.35. The molecule has 1 aromatic carbocycles. The summed E-state index contributed by atoms with van der Waals surface area (Å²) < 4.78 is 0. The molecule has 3 rings (SSSR count). The Balaban J connectivity index is 2.21. The lowest BCUT2D eigenvalue weighted by atomic mass is 9.58. The molecule has 1 N–H and O–H groups in total. The van der Waals surface area contributed by atoms with Crippen molar-refractivity contribution in [1.82, 2.24) is 4.90 Å². The van der Waals surface area contributed by atoms with E-state index in [0.717, 1.165) is 30.6 Å². The number of likely N-dealkylation sites (tertiary alicyclic amines) is 1. The van der Waals surface area contributed by atoms with E-state index in [-0.39, 0.29) is 23.0 Å². The molecule has 3 nitrogen and oxygen atoms in total. The summed E-state index contributed by atoms with van der Waals surface area (Å²) in [4.78, 5) is 15.0. The molecular weight excluding hydrogens is 238 g/mol. The van der Waals surface area contributed by atoms with E-state index in [1.54, 1.807) is 18.2 Å². The molecule has 0 radical (unpaired) electrons. The van der Waals surface area contributed by atoms with Crippen molar-refractivity contribution in [2.24, 2.45) is 5.92 Å². The Morgan fingerprint density at radius 3 is 2.89 bits per heavy atom. The Bertz CT molecular complexity index is 540. The van der Waals surface area contributed by atoms with Gasteiger partial charge in [0.15, 0.2) is 5.78 Å². The zero-order valence-corrected chi connectivity index (χ0v) is 11.8. The first-order valence-corrected chi connectivity index (χ1v) is 7.11. The van der Waals surface area contributed by atoms with Crippen molar-refractivity contribution >= 4 is 5.78 Å². The van der Waals surface area contributed by atoms with E-state index in [2.05, 4.69) is 25.7 Å². The molecule has 3 atom stereocenters. The second-order valence-electron chi connectivity index (χ2n) is 6.12. The van der Waals surface area contributed by atoms with Crippen LogP contribution in [-0.4, -0.2) is 34.9 Å². The van der Waals surface area contributed by atoms with E-state index < -0.39 is 0 Å². The number of benzene rings is 1. The van der Waals surface area contributed by atoms with Crippen LogP contribution in [0.25, 0.3) is 0 Å². The van der Waals surface area contributed by atoms with Crippen LogP contribution < -0.4 is 0 Å². The molecule has 1 fully saturated rings. The van der Waals surface area contributed by atoms with E-state index in [9.17, 15) is 9.90 Å². The normalized spacial score (nSPS) is 34.2. The molecule has 0 unspecified atom stereocenters. The fourth-order valence-electron chi connectivity index (χ4n) is 3.91. The number of carbonyl (C=O) groups is 1. The van der Waals surface area contributed by atoms with Gasteiger partial charge in [0.2, 0.25) is 0 Å². The second-order valence-corrected chi connectivity index (χ2v) is 6.12. The minimum Gasteiger partial charge on any atom is -0.508 e. The summed E-state index contributed by atoms with van der Waals surface area (Å²) in [5, 5.41) is 9.75. The van der Waals surface area contributed by atoms with E-state index in [4.69, 9.17) is 0 Å². The summed E-state index contributed by atoms with van der Waals surface area (Å²) in [6.45, 7) is 8.42. The number of fused-ring (bicyclic) bond motifs is 4. The molecule has 2 aliphatic rings. The molecule has 1 aromatic rings. The van der Waals surface area contributed by atoms with Crippen molar-refractivity contribution < 1.29 is 9.90 Å². The molecule has 0 aromatic heterocycles. The number of nitrogens with zero attached hydrogens (tertiary/aromatic N) is 1. The molecule has 1 aliphatic heterocycles. The monoisotopic (exact) mass is 259 g/mol. The minimum atomic E-state index is -0.00167. The third kappa shape index (κ3) is 1.57. The third-order valence-electron chi connectivity index (χ3n) is 5.35. The fraction of sp³-hybridized carbons (Fsp3) is 0.562. The van der Waals surface area contributed by atoms with Gasteiger partial charge in [-0.2, -0.15) is 0 Å². The molecule has 1 aliphatic carbocycles. The highest BCUT2D eigenvalue weighted by atomic mass is 16.3. The average Bonchev–Trinajstić information content (AvgIpc) is 2.39. The molecule has 0 amide bonds. The van der Waals surface area contributed by atoms with Crippen LogP contribution in [0.3, 0.4) is 0 Å². The summed E-state index contributed by atoms with van der Waals surface area (Å²) in [5.74, 6) is 0.779. The van der Waals surface area contributed by atoms with Gasteiger partial charge < -0.3 is 5.11 Å². The average molecular weight is 259 g/mol. The van der Waals surface area contributed by atoms with E-state index in [1.807, 2.05) is 0 Å². The van der Waals surface area contributed by atoms with Gasteiger partial charge in [0.25, 0.3) is 0 Å². The Kier molecular flexibility index (Phi) is 2.72. The number of Topliss-reactive ketones (excluding diaryl/α,β-unsaturated/α-hetero) is 1. The lowest BCUT2D eigenvalue weighted by Gasteiger charge is -2.53. The predicted octanol–water partition coefficient (Wildman–Crippen LogP) is 2.58. The van der Waals surface area contributed by atoms with Crippen LogP contribution in [0, 0.1) is 5.92 Å².